The zero-order chi connectivity index (χ0) is 10.9. The van der Waals surface area contributed by atoms with E-state index in [4.69, 9.17) is 81.2 Å². The maximum Gasteiger partial charge on any atom is 0.191 e. The van der Waals surface area contributed by atoms with E-state index in [1.54, 1.807) is 0 Å². The number of allylic oxidation sites excluding steroid dienone is 1. The summed E-state index contributed by atoms with van der Waals surface area (Å²) in [5.74, 6) is 0.385. The van der Waals surface area contributed by atoms with Gasteiger partial charge in [0.2, 0.25) is 0 Å². The highest BCUT2D eigenvalue weighted by atomic mass is 35.6. The predicted octanol–water partition coefficient (Wildman–Crippen LogP) is 5.53. The third-order valence-corrected chi connectivity index (χ3v) is 1.79. The Balaban J connectivity index is 0. The Morgan fingerprint density at radius 1 is 1.15 bits per heavy atom. The molecule has 0 aliphatic heterocycles. The van der Waals surface area contributed by atoms with Crippen LogP contribution in [0.3, 0.4) is 0 Å². The molecular formula is C6H7Cl7. The Morgan fingerprint density at radius 3 is 1.62 bits per heavy atom. The molecule has 0 amide bonds. The summed E-state index contributed by atoms with van der Waals surface area (Å²) in [6, 6.07) is 0. The highest BCUT2D eigenvalue weighted by Crippen LogP contribution is 2.29. The van der Waals surface area contributed by atoms with Gasteiger partial charge < -0.3 is 0 Å². The fourth-order valence-corrected chi connectivity index (χ4v) is 1.46. The second-order valence-electron chi connectivity index (χ2n) is 1.71. The Kier molecular flexibility index (Phi) is 13.6. The van der Waals surface area contributed by atoms with E-state index in [1.807, 2.05) is 0 Å². The molecule has 0 aromatic heterocycles. The molecule has 0 rings (SSSR count). The van der Waals surface area contributed by atoms with Crippen molar-refractivity contribution in [1.29, 1.82) is 0 Å². The van der Waals surface area contributed by atoms with E-state index in [0.717, 1.165) is 0 Å². The lowest BCUT2D eigenvalue weighted by molar-refractivity contribution is 0.983. The summed E-state index contributed by atoms with van der Waals surface area (Å²) < 4.78 is -1.16. The molecule has 0 aromatic rings. The highest BCUT2D eigenvalue weighted by Gasteiger charge is 2.17. The van der Waals surface area contributed by atoms with Crippen LogP contribution in [0.1, 0.15) is 6.42 Å². The topological polar surface area (TPSA) is 0 Å². The second kappa shape index (κ2) is 10.3. The molecule has 0 heterocycles. The first-order valence-corrected chi connectivity index (χ1v) is 5.99. The van der Waals surface area contributed by atoms with Crippen LogP contribution in [0.4, 0.5) is 0 Å². The third-order valence-electron chi connectivity index (χ3n) is 0.596. The molecule has 0 nitrogen and oxygen atoms in total. The van der Waals surface area contributed by atoms with Crippen molar-refractivity contribution in [3.63, 3.8) is 0 Å². The lowest BCUT2D eigenvalue weighted by Crippen LogP contribution is -2.01. The van der Waals surface area contributed by atoms with Gasteiger partial charge >= 0.3 is 0 Å². The van der Waals surface area contributed by atoms with Crippen LogP contribution in [0.5, 0.6) is 0 Å². The van der Waals surface area contributed by atoms with Crippen LogP contribution < -0.4 is 0 Å². The van der Waals surface area contributed by atoms with Crippen molar-refractivity contribution in [2.45, 2.75) is 15.0 Å². The third kappa shape index (κ3) is 24.8. The number of alkyl halides is 6. The van der Waals surface area contributed by atoms with Gasteiger partial charge in [-0.1, -0.05) is 46.4 Å². The van der Waals surface area contributed by atoms with Crippen molar-refractivity contribution in [3.05, 3.63) is 11.6 Å². The van der Waals surface area contributed by atoms with Crippen molar-refractivity contribution in [3.8, 4) is 0 Å². The van der Waals surface area contributed by atoms with Crippen LogP contribution >= 0.6 is 81.2 Å². The number of hydrogen-bond donors (Lipinski definition) is 0. The monoisotopic (exact) mass is 324 g/mol. The molecule has 0 bridgehead atoms. The molecule has 0 N–H and O–H groups in total. The van der Waals surface area contributed by atoms with Crippen LogP contribution in [-0.4, -0.2) is 14.5 Å². The molecular weight excluding hydrogens is 320 g/mol. The first kappa shape index (κ1) is 17.2. The minimum Gasteiger partial charge on any atom is -0.127 e. The van der Waals surface area contributed by atoms with Gasteiger partial charge in [-0.3, -0.25) is 0 Å². The lowest BCUT2D eigenvalue weighted by atomic mass is 10.6. The van der Waals surface area contributed by atoms with E-state index in [0.29, 0.717) is 12.3 Å². The van der Waals surface area contributed by atoms with Gasteiger partial charge in [0.15, 0.2) is 3.79 Å². The first-order valence-electron chi connectivity index (χ1n) is 3.01. The van der Waals surface area contributed by atoms with Crippen molar-refractivity contribution >= 4 is 81.2 Å². The molecule has 0 saturated carbocycles. The van der Waals surface area contributed by atoms with Crippen LogP contribution in [-0.2, 0) is 0 Å². The van der Waals surface area contributed by atoms with E-state index in [2.05, 4.69) is 0 Å². The smallest absolute Gasteiger partial charge is 0.127 e. The first-order chi connectivity index (χ1) is 5.83. The highest BCUT2D eigenvalue weighted by molar-refractivity contribution is 6.67. The van der Waals surface area contributed by atoms with E-state index < -0.39 is 8.63 Å². The summed E-state index contributed by atoms with van der Waals surface area (Å²) in [5.41, 5.74) is 1.28. The minimum absolute atomic E-state index is 0.385. The van der Waals surface area contributed by atoms with Crippen molar-refractivity contribution in [2.24, 2.45) is 0 Å². The molecule has 7 heteroatoms. The average molecular weight is 327 g/mol. The molecule has 13 heavy (non-hydrogen) atoms. The number of rotatable bonds is 2. The summed E-state index contributed by atoms with van der Waals surface area (Å²) in [4.78, 5) is -0.470. The van der Waals surface area contributed by atoms with E-state index >= 15 is 0 Å². The standard InChI is InChI=1S/C3H4Cl4.C3H3Cl3/c4-2-1-3(5,6)7;4-2-1-3(5)6/h1-2H2;1-3H. The maximum atomic E-state index is 5.28. The van der Waals surface area contributed by atoms with Gasteiger partial charge in [-0.15, -0.1) is 34.8 Å². The summed E-state index contributed by atoms with van der Waals surface area (Å²) in [6.45, 7) is 0. The SMILES string of the molecule is ClC=CC(Cl)Cl.ClCCC(Cl)(Cl)Cl. The molecule has 0 aromatic carbocycles. The molecule has 0 saturated heterocycles. The van der Waals surface area contributed by atoms with Gasteiger partial charge in [-0.05, 0) is 6.08 Å². The average Bonchev–Trinajstić information content (AvgIpc) is 1.84. The second-order valence-corrected chi connectivity index (χ2v) is 6.02. The minimum atomic E-state index is -1.16. The fourth-order valence-electron chi connectivity index (χ4n) is 0.162. The fraction of sp³-hybridized carbons (Fsp3) is 0.667. The molecule has 80 valence electrons. The quantitative estimate of drug-likeness (QED) is 0.585. The van der Waals surface area contributed by atoms with Gasteiger partial charge in [0.1, 0.15) is 4.84 Å². The van der Waals surface area contributed by atoms with Gasteiger partial charge in [0.25, 0.3) is 0 Å². The summed E-state index contributed by atoms with van der Waals surface area (Å²) >= 11 is 36.5. The van der Waals surface area contributed by atoms with Gasteiger partial charge in [-0.25, -0.2) is 0 Å². The summed E-state index contributed by atoms with van der Waals surface area (Å²) in [6.07, 6.45) is 1.86. The lowest BCUT2D eigenvalue weighted by Gasteiger charge is -2.04. The molecule has 0 spiro atoms. The zero-order valence-corrected chi connectivity index (χ0v) is 11.6. The molecule has 0 unspecified atom stereocenters. The van der Waals surface area contributed by atoms with E-state index in [9.17, 15) is 0 Å². The van der Waals surface area contributed by atoms with Crippen molar-refractivity contribution < 1.29 is 0 Å². The number of hydrogen-bond acceptors (Lipinski definition) is 0. The normalized spacial score (nSPS) is 11.7. The largest absolute Gasteiger partial charge is 0.191 e. The van der Waals surface area contributed by atoms with Gasteiger partial charge in [0.05, 0.1) is 0 Å². The van der Waals surface area contributed by atoms with Crippen LogP contribution in [0.2, 0.25) is 0 Å². The molecule has 0 atom stereocenters. The van der Waals surface area contributed by atoms with Crippen LogP contribution in [0.25, 0.3) is 0 Å². The molecule has 0 aliphatic rings. The summed E-state index contributed by atoms with van der Waals surface area (Å²) in [5, 5.41) is 0. The predicted molar refractivity (Wildman–Crippen MR) is 66.1 cm³/mol. The van der Waals surface area contributed by atoms with E-state index in [1.165, 1.54) is 11.6 Å². The Labute approximate surface area is 113 Å². The Hall–Kier alpha value is 1.77. The van der Waals surface area contributed by atoms with Crippen molar-refractivity contribution in [2.75, 3.05) is 5.88 Å². The summed E-state index contributed by atoms with van der Waals surface area (Å²) in [7, 11) is 0. The Bertz CT molecular complexity index is 125. The zero-order valence-electron chi connectivity index (χ0n) is 6.29. The van der Waals surface area contributed by atoms with Crippen LogP contribution in [0.15, 0.2) is 11.6 Å². The maximum absolute atomic E-state index is 5.28. The Morgan fingerprint density at radius 2 is 1.62 bits per heavy atom. The molecule has 0 aliphatic carbocycles. The van der Waals surface area contributed by atoms with Gasteiger partial charge in [0, 0.05) is 17.8 Å². The number of halogens is 7. The van der Waals surface area contributed by atoms with Gasteiger partial charge in [-0.2, -0.15) is 0 Å². The van der Waals surface area contributed by atoms with Crippen molar-refractivity contribution in [1.82, 2.24) is 0 Å². The van der Waals surface area contributed by atoms with Crippen LogP contribution in [0, 0.1) is 0 Å². The van der Waals surface area contributed by atoms with E-state index in [-0.39, 0.29) is 0 Å². The molecule has 0 fully saturated rings. The molecule has 0 radical (unpaired) electrons.